The summed E-state index contributed by atoms with van der Waals surface area (Å²) in [7, 11) is 11.9. The highest BCUT2D eigenvalue weighted by atomic mass is 19.4. The van der Waals surface area contributed by atoms with Gasteiger partial charge < -0.3 is 60.0 Å². The van der Waals surface area contributed by atoms with Crippen molar-refractivity contribution in [3.63, 3.8) is 0 Å². The van der Waals surface area contributed by atoms with E-state index in [1.165, 1.54) is 99.2 Å². The second-order valence-corrected chi connectivity index (χ2v) is 28.2. The molecule has 2 aliphatic heterocycles. The van der Waals surface area contributed by atoms with E-state index in [9.17, 15) is 55.9 Å². The molecule has 12 amide bonds. The van der Waals surface area contributed by atoms with Gasteiger partial charge in [0.05, 0.1) is 13.0 Å². The molecule has 3 aliphatic rings. The summed E-state index contributed by atoms with van der Waals surface area (Å²) in [5.74, 6) is -15.6. The molecule has 2 heterocycles. The number of nitrogens with zero attached hydrogens (tertiary/aromatic N) is 9. The van der Waals surface area contributed by atoms with E-state index < -0.39 is 204 Å². The number of aryl methyl sites for hydroxylation is 2. The van der Waals surface area contributed by atoms with E-state index in [0.717, 1.165) is 52.0 Å². The Bertz CT molecular complexity index is 3610. The summed E-state index contributed by atoms with van der Waals surface area (Å²) in [6, 6.07) is -0.0486. The van der Waals surface area contributed by atoms with Gasteiger partial charge in [-0.1, -0.05) is 95.3 Å². The first-order chi connectivity index (χ1) is 48.1. The molecule has 24 nitrogen and oxygen atoms in total. The van der Waals surface area contributed by atoms with Crippen molar-refractivity contribution in [2.45, 2.75) is 192 Å². The smallest absolute Gasteiger partial charge is 0.347 e. The normalized spacial score (nSPS) is 25.0. The first-order valence-electron chi connectivity index (χ1n) is 34.8. The minimum absolute atomic E-state index is 0.00375. The summed E-state index contributed by atoms with van der Waals surface area (Å²) >= 11 is 0. The number of carbonyl (C=O) groups is 12. The van der Waals surface area contributed by atoms with Gasteiger partial charge in [0, 0.05) is 82.8 Å². The van der Waals surface area contributed by atoms with Crippen LogP contribution in [0.1, 0.15) is 127 Å². The standard InChI is InChI=1S/C73H100F6N12O12/c1-17-42(4)60-69(101)86(12)45(7)64(96)91-34-31-53(91)68(100)88(14)55(38-46-23-21-41(3)22-24-46)67(99)84(10)40-57(92)80-52(30-27-48-35-50(75)59(51(76)36-48)73(77,78)79)65(97)87(13)54(37-47-25-28-49(74)29-26-47)63(95)82-72(32-19-20-33-72)71(103)90(16)61(43(5)18-2)70(102)89(15)56(66(98)83(8)9)39-58(93)85(11)44(6)62(94)81-60/h21-26,28-29,35-36,42-45,52-56,60-61H,17-20,27,30-34,37-40H2,1-16H3,(H,80,92)(H,81,94)(H,82,95)/t42-,43-,44-,45-,52?,53-,54-,55-,56-,60-,61-/m0/s1. The van der Waals surface area contributed by atoms with Gasteiger partial charge in [-0.15, -0.1) is 0 Å². The highest BCUT2D eigenvalue weighted by Crippen LogP contribution is 2.36. The fraction of sp³-hybridized carbons (Fsp3) is 0.589. The van der Waals surface area contributed by atoms with E-state index in [4.69, 9.17) is 0 Å². The van der Waals surface area contributed by atoms with E-state index in [-0.39, 0.29) is 49.8 Å². The SMILES string of the molecule is CC[C@H](C)[C@@H]1NC(=O)[C@H](C)N(C)C(=O)C[C@@H](C(=O)N(C)C)N(C)C(=O)[C@H]([C@@H](C)CC)N(C)C(=O)C2(CCCC2)NC(=O)[C@H](Cc2ccc(F)cc2)N(C)C(=O)C(CCc2cc(F)c(C(F)(F)F)c(F)c2)NC(=O)CN(C)C(=O)[C@H](Cc2ccc(C)cc2)N(C)C(=O)[C@@H]2CCN2C(=O)[C@H](C)N(C)C1=O. The van der Waals surface area contributed by atoms with Crippen LogP contribution >= 0.6 is 0 Å². The second kappa shape index (κ2) is 34.9. The second-order valence-electron chi connectivity index (χ2n) is 28.2. The van der Waals surface area contributed by atoms with Gasteiger partial charge >= 0.3 is 6.18 Å². The molecule has 3 fully saturated rings. The summed E-state index contributed by atoms with van der Waals surface area (Å²) in [6.45, 7) is 10.8. The third-order valence-corrected chi connectivity index (χ3v) is 20.9. The molecule has 3 N–H and O–H groups in total. The van der Waals surface area contributed by atoms with Crippen LogP contribution in [0, 0.1) is 36.2 Å². The van der Waals surface area contributed by atoms with Gasteiger partial charge in [0.15, 0.2) is 0 Å². The Morgan fingerprint density at radius 2 is 1.17 bits per heavy atom. The van der Waals surface area contributed by atoms with Crippen LogP contribution in [0.4, 0.5) is 26.3 Å². The van der Waals surface area contributed by atoms with Crippen LogP contribution in [-0.2, 0) is 83.0 Å². The van der Waals surface area contributed by atoms with E-state index in [0.29, 0.717) is 37.0 Å². The number of hydrogen-bond donors (Lipinski definition) is 3. The fourth-order valence-electron chi connectivity index (χ4n) is 13.4. The maximum absolute atomic E-state index is 15.6. The van der Waals surface area contributed by atoms with Gasteiger partial charge in [-0.3, -0.25) is 57.5 Å². The molecule has 6 rings (SSSR count). The molecule has 1 spiro atoms. The molecule has 103 heavy (non-hydrogen) atoms. The lowest BCUT2D eigenvalue weighted by atomic mass is 9.90. The molecule has 11 atom stereocenters. The summed E-state index contributed by atoms with van der Waals surface area (Å²) in [5, 5.41) is 8.23. The third kappa shape index (κ3) is 19.4. The number of halogens is 6. The first kappa shape index (κ1) is 82.8. The van der Waals surface area contributed by atoms with E-state index in [1.807, 2.05) is 6.92 Å². The van der Waals surface area contributed by atoms with Crippen molar-refractivity contribution in [3.8, 4) is 0 Å². The zero-order valence-corrected chi connectivity index (χ0v) is 61.7. The molecule has 3 aromatic rings. The predicted octanol–water partition coefficient (Wildman–Crippen LogP) is 4.89. The van der Waals surface area contributed by atoms with Crippen LogP contribution in [0.15, 0.2) is 60.7 Å². The molecule has 2 saturated heterocycles. The van der Waals surface area contributed by atoms with Crippen LogP contribution in [0.5, 0.6) is 0 Å². The number of nitrogens with one attached hydrogen (secondary N) is 3. The molecule has 1 unspecified atom stereocenters. The van der Waals surface area contributed by atoms with Crippen molar-refractivity contribution < 1.29 is 83.9 Å². The van der Waals surface area contributed by atoms with Crippen molar-refractivity contribution in [2.24, 2.45) is 11.8 Å². The molecular formula is C73H100F6N12O12. The van der Waals surface area contributed by atoms with Crippen molar-refractivity contribution in [1.29, 1.82) is 0 Å². The Hall–Kier alpha value is -9.12. The number of carbonyl (C=O) groups excluding carboxylic acids is 12. The largest absolute Gasteiger partial charge is 0.422 e. The Morgan fingerprint density at radius 3 is 1.69 bits per heavy atom. The number of benzene rings is 3. The van der Waals surface area contributed by atoms with Crippen LogP contribution in [0.2, 0.25) is 0 Å². The lowest BCUT2D eigenvalue weighted by molar-refractivity contribution is -0.160. The highest BCUT2D eigenvalue weighted by Gasteiger charge is 2.51. The molecule has 30 heteroatoms. The Balaban J connectivity index is 1.49. The lowest BCUT2D eigenvalue weighted by Crippen LogP contribution is -2.65. The zero-order valence-electron chi connectivity index (χ0n) is 61.7. The molecule has 3 aromatic carbocycles. The number of rotatable bonds is 12. The Labute approximate surface area is 598 Å². The van der Waals surface area contributed by atoms with Crippen molar-refractivity contribution >= 4 is 70.9 Å². The molecule has 1 saturated carbocycles. The van der Waals surface area contributed by atoms with E-state index >= 15 is 28.0 Å². The summed E-state index contributed by atoms with van der Waals surface area (Å²) < 4.78 is 86.4. The van der Waals surface area contributed by atoms with Gasteiger partial charge in [0.1, 0.15) is 82.9 Å². The number of hydrogen-bond acceptors (Lipinski definition) is 12. The molecule has 0 radical (unpaired) electrons. The van der Waals surface area contributed by atoms with Gasteiger partial charge in [-0.2, -0.15) is 13.2 Å². The van der Waals surface area contributed by atoms with Crippen LogP contribution in [-0.4, -0.2) is 251 Å². The van der Waals surface area contributed by atoms with Crippen molar-refractivity contribution in [2.75, 3.05) is 76.5 Å². The maximum Gasteiger partial charge on any atom is 0.422 e. The number of likely N-dealkylation sites (N-methyl/N-ethyl adjacent to an activating group) is 8. The molecule has 0 aromatic heterocycles. The topological polar surface area (TPSA) is 270 Å². The lowest BCUT2D eigenvalue weighted by Gasteiger charge is -2.45. The van der Waals surface area contributed by atoms with Gasteiger partial charge in [0.2, 0.25) is 70.9 Å². The Kier molecular flexibility index (Phi) is 28.1. The third-order valence-electron chi connectivity index (χ3n) is 20.9. The van der Waals surface area contributed by atoms with Crippen molar-refractivity contribution in [1.82, 2.24) is 60.0 Å². The highest BCUT2D eigenvalue weighted by molar-refractivity contribution is 6.01. The summed E-state index contributed by atoms with van der Waals surface area (Å²) in [4.78, 5) is 188. The predicted molar refractivity (Wildman–Crippen MR) is 369 cm³/mol. The molecule has 566 valence electrons. The first-order valence-corrected chi connectivity index (χ1v) is 34.8. The number of amides is 12. The number of alkyl halides is 3. The minimum atomic E-state index is -5.44. The minimum Gasteiger partial charge on any atom is -0.347 e. The zero-order chi connectivity index (χ0) is 77.2. The molecule has 1 aliphatic carbocycles. The molecular weight excluding hydrogens is 1350 g/mol. The Morgan fingerprint density at radius 1 is 0.621 bits per heavy atom. The summed E-state index contributed by atoms with van der Waals surface area (Å²) in [6.07, 6.45) is -6.35. The monoisotopic (exact) mass is 1450 g/mol. The van der Waals surface area contributed by atoms with Gasteiger partial charge in [-0.25, -0.2) is 13.2 Å². The van der Waals surface area contributed by atoms with Crippen LogP contribution < -0.4 is 16.0 Å². The average Bonchev–Trinajstić information content (AvgIpc) is 1.71. The van der Waals surface area contributed by atoms with E-state index in [2.05, 4.69) is 16.0 Å². The van der Waals surface area contributed by atoms with E-state index in [1.54, 1.807) is 52.0 Å². The van der Waals surface area contributed by atoms with Gasteiger partial charge in [0.25, 0.3) is 0 Å². The molecule has 0 bridgehead atoms. The van der Waals surface area contributed by atoms with Gasteiger partial charge in [-0.05, 0) is 106 Å². The fourth-order valence-corrected chi connectivity index (χ4v) is 13.4. The average molecular weight is 1450 g/mol. The van der Waals surface area contributed by atoms with Crippen LogP contribution in [0.3, 0.4) is 0 Å². The number of fused-ring (bicyclic) bond motifs is 1. The maximum atomic E-state index is 15.6. The summed E-state index contributed by atoms with van der Waals surface area (Å²) in [5.41, 5.74) is -2.65. The van der Waals surface area contributed by atoms with Crippen LogP contribution in [0.25, 0.3) is 0 Å². The van der Waals surface area contributed by atoms with Crippen molar-refractivity contribution in [3.05, 3.63) is 106 Å². The quantitative estimate of drug-likeness (QED) is 0.205.